The van der Waals surface area contributed by atoms with Crippen LogP contribution in [0.2, 0.25) is 0 Å². The Kier molecular flexibility index (Phi) is 6.33. The second-order valence-electron chi connectivity index (χ2n) is 7.03. The number of nitrogens with zero attached hydrogens (tertiary/aromatic N) is 2. The van der Waals surface area contributed by atoms with Crippen molar-refractivity contribution in [3.05, 3.63) is 53.6 Å². The Morgan fingerprint density at radius 2 is 1.86 bits per heavy atom. The van der Waals surface area contributed by atoms with Crippen LogP contribution in [0.3, 0.4) is 0 Å². The summed E-state index contributed by atoms with van der Waals surface area (Å²) in [5.74, 6) is 0.534. The topological polar surface area (TPSA) is 82.4 Å². The third kappa shape index (κ3) is 4.33. The Bertz CT molecular complexity index is 997. The van der Waals surface area contributed by atoms with E-state index in [0.717, 1.165) is 29.1 Å². The van der Waals surface area contributed by atoms with Crippen LogP contribution in [-0.2, 0) is 10.0 Å². The average molecular weight is 414 g/mol. The maximum Gasteiger partial charge on any atom is 0.232 e. The van der Waals surface area contributed by atoms with Gasteiger partial charge in [0.2, 0.25) is 10.0 Å². The molecule has 3 rings (SSSR count). The van der Waals surface area contributed by atoms with Crippen molar-refractivity contribution in [3.63, 3.8) is 0 Å². The predicted molar refractivity (Wildman–Crippen MR) is 116 cm³/mol. The summed E-state index contributed by atoms with van der Waals surface area (Å²) in [5.41, 5.74) is 3.53. The molecule has 2 unspecified atom stereocenters. The lowest BCUT2D eigenvalue weighted by molar-refractivity contribution is 0.340. The minimum absolute atomic E-state index is 0.0922. The molecule has 154 valence electrons. The number of ether oxygens (including phenoxy) is 1. The maximum absolute atomic E-state index is 12.0. The Morgan fingerprint density at radius 3 is 2.45 bits per heavy atom. The van der Waals surface area contributed by atoms with Crippen molar-refractivity contribution in [1.29, 1.82) is 5.26 Å². The molecule has 6 nitrogen and oxygen atoms in total. The fourth-order valence-electron chi connectivity index (χ4n) is 3.93. The van der Waals surface area contributed by atoms with Gasteiger partial charge in [-0.05, 0) is 61.7 Å². The van der Waals surface area contributed by atoms with Gasteiger partial charge in [-0.25, -0.2) is 8.42 Å². The van der Waals surface area contributed by atoms with Gasteiger partial charge in [-0.2, -0.15) is 5.26 Å². The minimum atomic E-state index is -3.33. The number of nitrogens with one attached hydrogen (secondary N) is 1. The molecule has 1 N–H and O–H groups in total. The molecule has 0 aliphatic carbocycles. The summed E-state index contributed by atoms with van der Waals surface area (Å²) in [7, 11) is -3.33. The summed E-state index contributed by atoms with van der Waals surface area (Å²) in [6.45, 7) is 7.17. The zero-order valence-corrected chi connectivity index (χ0v) is 17.9. The monoisotopic (exact) mass is 413 g/mol. The van der Waals surface area contributed by atoms with Gasteiger partial charge in [0.1, 0.15) is 5.75 Å². The number of hydrogen-bond donors (Lipinski definition) is 1. The lowest BCUT2D eigenvalue weighted by atomic mass is 9.91. The van der Waals surface area contributed by atoms with Crippen LogP contribution < -0.4 is 14.4 Å². The zero-order chi connectivity index (χ0) is 21.0. The van der Waals surface area contributed by atoms with Gasteiger partial charge in [0.25, 0.3) is 0 Å². The van der Waals surface area contributed by atoms with Gasteiger partial charge in [-0.1, -0.05) is 19.1 Å². The van der Waals surface area contributed by atoms with Gasteiger partial charge in [0.15, 0.2) is 0 Å². The van der Waals surface area contributed by atoms with Crippen molar-refractivity contribution >= 4 is 21.4 Å². The first-order valence-corrected chi connectivity index (χ1v) is 11.6. The van der Waals surface area contributed by atoms with E-state index >= 15 is 0 Å². The Morgan fingerprint density at radius 1 is 1.14 bits per heavy atom. The fraction of sp³-hybridized carbons (Fsp3) is 0.409. The van der Waals surface area contributed by atoms with Crippen LogP contribution in [0.25, 0.3) is 0 Å². The summed E-state index contributed by atoms with van der Waals surface area (Å²) >= 11 is 0. The highest BCUT2D eigenvalue weighted by Gasteiger charge is 2.39. The van der Waals surface area contributed by atoms with E-state index in [0.29, 0.717) is 18.7 Å². The number of fused-ring (bicyclic) bond motifs is 1. The van der Waals surface area contributed by atoms with Crippen molar-refractivity contribution in [2.45, 2.75) is 39.2 Å². The lowest BCUT2D eigenvalue weighted by Gasteiger charge is -2.28. The number of nitriles is 1. The molecule has 2 atom stereocenters. The van der Waals surface area contributed by atoms with E-state index in [-0.39, 0.29) is 17.7 Å². The van der Waals surface area contributed by atoms with E-state index in [9.17, 15) is 13.7 Å². The number of rotatable bonds is 8. The summed E-state index contributed by atoms with van der Waals surface area (Å²) < 4.78 is 32.2. The highest BCUT2D eigenvalue weighted by Crippen LogP contribution is 2.49. The molecular formula is C22H27N3O3S. The van der Waals surface area contributed by atoms with Crippen molar-refractivity contribution in [3.8, 4) is 11.8 Å². The molecule has 0 saturated heterocycles. The maximum atomic E-state index is 12.0. The molecule has 0 fully saturated rings. The highest BCUT2D eigenvalue weighted by atomic mass is 32.2. The molecule has 1 aliphatic heterocycles. The molecule has 1 aliphatic rings. The largest absolute Gasteiger partial charge is 0.494 e. The van der Waals surface area contributed by atoms with Crippen LogP contribution in [0.1, 0.15) is 50.3 Å². The second-order valence-corrected chi connectivity index (χ2v) is 8.88. The molecule has 0 radical (unpaired) electrons. The van der Waals surface area contributed by atoms with Crippen molar-refractivity contribution in [1.82, 2.24) is 0 Å². The zero-order valence-electron chi connectivity index (χ0n) is 17.1. The highest BCUT2D eigenvalue weighted by molar-refractivity contribution is 7.92. The van der Waals surface area contributed by atoms with Crippen LogP contribution >= 0.6 is 0 Å². The number of anilines is 2. The van der Waals surface area contributed by atoms with Crippen molar-refractivity contribution in [2.24, 2.45) is 0 Å². The first kappa shape index (κ1) is 21.0. The van der Waals surface area contributed by atoms with E-state index in [1.54, 1.807) is 12.1 Å². The van der Waals surface area contributed by atoms with E-state index < -0.39 is 10.0 Å². The third-order valence-electron chi connectivity index (χ3n) is 5.08. The lowest BCUT2D eigenvalue weighted by Crippen LogP contribution is -2.26. The van der Waals surface area contributed by atoms with Gasteiger partial charge in [0, 0.05) is 17.9 Å². The summed E-state index contributed by atoms with van der Waals surface area (Å²) in [4.78, 5) is 2.22. The normalized spacial score (nSPS) is 18.2. The van der Waals surface area contributed by atoms with E-state index in [1.807, 2.05) is 44.2 Å². The summed E-state index contributed by atoms with van der Waals surface area (Å²) in [6.07, 6.45) is 0.562. The van der Waals surface area contributed by atoms with Crippen molar-refractivity contribution < 1.29 is 13.2 Å². The number of benzene rings is 2. The Balaban J connectivity index is 1.92. The van der Waals surface area contributed by atoms with Gasteiger partial charge >= 0.3 is 0 Å². The van der Waals surface area contributed by atoms with Crippen LogP contribution in [0, 0.1) is 11.3 Å². The first-order valence-electron chi connectivity index (χ1n) is 9.97. The molecule has 7 heteroatoms. The molecule has 0 amide bonds. The molecule has 0 aromatic heterocycles. The SMILES string of the molecule is CCCS(=O)(=O)Nc1ccc(C2C(C#N)c3cc(OCC)ccc3N2CC)cc1. The quantitative estimate of drug-likeness (QED) is 0.692. The second kappa shape index (κ2) is 8.75. The first-order chi connectivity index (χ1) is 13.9. The fourth-order valence-corrected chi connectivity index (χ4v) is 5.06. The number of sulfonamides is 1. The Hall–Kier alpha value is -2.72. The van der Waals surface area contributed by atoms with E-state index in [4.69, 9.17) is 4.74 Å². The molecule has 0 bridgehead atoms. The van der Waals surface area contributed by atoms with Crippen LogP contribution in [0.15, 0.2) is 42.5 Å². The van der Waals surface area contributed by atoms with Crippen molar-refractivity contribution in [2.75, 3.05) is 28.5 Å². The van der Waals surface area contributed by atoms with Gasteiger partial charge in [-0.15, -0.1) is 0 Å². The smallest absolute Gasteiger partial charge is 0.232 e. The standard InChI is InChI=1S/C22H27N3O3S/c1-4-13-29(26,27)24-17-9-7-16(8-10-17)22-20(15-23)19-14-18(28-6-3)11-12-21(19)25(22)5-2/h7-12,14,20,22,24H,4-6,13H2,1-3H3. The number of likely N-dealkylation sites (N-methyl/N-ethyl adjacent to an activating group) is 1. The molecule has 2 aromatic carbocycles. The van der Waals surface area contributed by atoms with Gasteiger partial charge in [0.05, 0.1) is 30.4 Å². The molecule has 1 heterocycles. The summed E-state index contributed by atoms with van der Waals surface area (Å²) in [6, 6.07) is 15.6. The van der Waals surface area contributed by atoms with Crippen LogP contribution in [-0.4, -0.2) is 27.3 Å². The molecule has 29 heavy (non-hydrogen) atoms. The molecule has 2 aromatic rings. The summed E-state index contributed by atoms with van der Waals surface area (Å²) in [5, 5.41) is 9.94. The number of hydrogen-bond acceptors (Lipinski definition) is 5. The van der Waals surface area contributed by atoms with E-state index in [1.165, 1.54) is 0 Å². The Labute approximate surface area is 173 Å². The minimum Gasteiger partial charge on any atom is -0.494 e. The third-order valence-corrected chi connectivity index (χ3v) is 6.58. The molecule has 0 saturated carbocycles. The van der Waals surface area contributed by atoms with Gasteiger partial charge < -0.3 is 9.64 Å². The van der Waals surface area contributed by atoms with Crippen LogP contribution in [0.4, 0.5) is 11.4 Å². The van der Waals surface area contributed by atoms with Crippen LogP contribution in [0.5, 0.6) is 5.75 Å². The van der Waals surface area contributed by atoms with E-state index in [2.05, 4.69) is 22.6 Å². The van der Waals surface area contributed by atoms with Gasteiger partial charge in [-0.3, -0.25) is 4.72 Å². The molecular weight excluding hydrogens is 386 g/mol. The predicted octanol–water partition coefficient (Wildman–Crippen LogP) is 4.43. The average Bonchev–Trinajstić information content (AvgIpc) is 3.01. The molecule has 0 spiro atoms.